The molecule has 20 heavy (non-hydrogen) atoms. The molecule has 1 aromatic rings. The highest BCUT2D eigenvalue weighted by atomic mass is 16.6. The van der Waals surface area contributed by atoms with Gasteiger partial charge in [-0.3, -0.25) is 24.4 Å². The standard InChI is InChI=1S/C11H16N4O5/c1-8(2)14(4-3-11(17)18)10(16)7-13-6-9(5-12-13)15(19)20/h5-6,8H,3-4,7H2,1-2H3,(H,17,18). The minimum atomic E-state index is -0.988. The third kappa shape index (κ3) is 4.34. The summed E-state index contributed by atoms with van der Waals surface area (Å²) in [5.74, 6) is -1.32. The lowest BCUT2D eigenvalue weighted by atomic mass is 10.2. The van der Waals surface area contributed by atoms with Crippen LogP contribution in [0.1, 0.15) is 20.3 Å². The lowest BCUT2D eigenvalue weighted by molar-refractivity contribution is -0.385. The van der Waals surface area contributed by atoms with E-state index in [2.05, 4.69) is 5.10 Å². The lowest BCUT2D eigenvalue weighted by Crippen LogP contribution is -2.40. The molecule has 0 aliphatic heterocycles. The predicted molar refractivity (Wildman–Crippen MR) is 68.0 cm³/mol. The average Bonchev–Trinajstić information content (AvgIpc) is 2.76. The first-order chi connectivity index (χ1) is 9.31. The predicted octanol–water partition coefficient (Wildman–Crippen LogP) is 0.503. The molecule has 0 bridgehead atoms. The van der Waals surface area contributed by atoms with E-state index in [1.807, 2.05) is 0 Å². The van der Waals surface area contributed by atoms with Gasteiger partial charge in [-0.1, -0.05) is 0 Å². The van der Waals surface area contributed by atoms with Gasteiger partial charge in [-0.2, -0.15) is 5.10 Å². The van der Waals surface area contributed by atoms with E-state index in [1.165, 1.54) is 4.90 Å². The van der Waals surface area contributed by atoms with Gasteiger partial charge in [0.1, 0.15) is 18.9 Å². The summed E-state index contributed by atoms with van der Waals surface area (Å²) in [4.78, 5) is 33.9. The van der Waals surface area contributed by atoms with E-state index in [1.54, 1.807) is 13.8 Å². The summed E-state index contributed by atoms with van der Waals surface area (Å²) in [5.41, 5.74) is -0.195. The number of nitro groups is 1. The van der Waals surface area contributed by atoms with Crippen molar-refractivity contribution >= 4 is 17.6 Å². The van der Waals surface area contributed by atoms with Gasteiger partial charge in [0.25, 0.3) is 0 Å². The van der Waals surface area contributed by atoms with E-state index in [4.69, 9.17) is 5.11 Å². The van der Waals surface area contributed by atoms with Crippen molar-refractivity contribution in [2.24, 2.45) is 0 Å². The second kappa shape index (κ2) is 6.64. The number of carbonyl (C=O) groups is 2. The Bertz CT molecular complexity index is 511. The lowest BCUT2D eigenvalue weighted by Gasteiger charge is -2.26. The largest absolute Gasteiger partial charge is 0.481 e. The molecule has 1 aromatic heterocycles. The normalized spacial score (nSPS) is 10.6. The quantitative estimate of drug-likeness (QED) is 0.575. The second-order valence-corrected chi connectivity index (χ2v) is 4.48. The number of carboxylic acids is 1. The average molecular weight is 284 g/mol. The summed E-state index contributed by atoms with van der Waals surface area (Å²) < 4.78 is 1.16. The van der Waals surface area contributed by atoms with Gasteiger partial charge in [-0.15, -0.1) is 0 Å². The molecule has 0 saturated heterocycles. The monoisotopic (exact) mass is 284 g/mol. The number of carboxylic acid groups (broad SMARTS) is 1. The first kappa shape index (κ1) is 15.6. The Balaban J connectivity index is 2.69. The van der Waals surface area contributed by atoms with Crippen molar-refractivity contribution in [3.8, 4) is 0 Å². The molecular formula is C11H16N4O5. The van der Waals surface area contributed by atoms with Gasteiger partial charge in [0.2, 0.25) is 5.91 Å². The molecular weight excluding hydrogens is 268 g/mol. The maximum Gasteiger partial charge on any atom is 0.307 e. The maximum atomic E-state index is 12.0. The Morgan fingerprint density at radius 3 is 2.65 bits per heavy atom. The highest BCUT2D eigenvalue weighted by molar-refractivity contribution is 5.77. The Kier molecular flexibility index (Phi) is 5.18. The van der Waals surface area contributed by atoms with Crippen LogP contribution < -0.4 is 0 Å². The maximum absolute atomic E-state index is 12.0. The molecule has 0 unspecified atom stereocenters. The van der Waals surface area contributed by atoms with Crippen molar-refractivity contribution in [2.45, 2.75) is 32.9 Å². The third-order valence-electron chi connectivity index (χ3n) is 2.64. The van der Waals surface area contributed by atoms with E-state index in [9.17, 15) is 19.7 Å². The minimum absolute atomic E-state index is 0.0925. The van der Waals surface area contributed by atoms with Crippen molar-refractivity contribution in [1.29, 1.82) is 0 Å². The fourth-order valence-electron chi connectivity index (χ4n) is 1.65. The zero-order valence-corrected chi connectivity index (χ0v) is 11.2. The zero-order valence-electron chi connectivity index (χ0n) is 11.2. The molecule has 0 aliphatic carbocycles. The highest BCUT2D eigenvalue weighted by Crippen LogP contribution is 2.09. The molecule has 0 spiro atoms. The van der Waals surface area contributed by atoms with Crippen LogP contribution in [0.4, 0.5) is 5.69 Å². The highest BCUT2D eigenvalue weighted by Gasteiger charge is 2.19. The molecule has 0 fully saturated rings. The van der Waals surface area contributed by atoms with Crippen LogP contribution in [-0.4, -0.2) is 49.2 Å². The SMILES string of the molecule is CC(C)N(CCC(=O)O)C(=O)Cn1cc([N+](=O)[O-])cn1. The van der Waals surface area contributed by atoms with Crippen LogP contribution in [0, 0.1) is 10.1 Å². The van der Waals surface area contributed by atoms with Gasteiger partial charge in [-0.05, 0) is 13.8 Å². The Labute approximate surface area is 114 Å². The molecule has 110 valence electrons. The summed E-state index contributed by atoms with van der Waals surface area (Å²) in [6, 6.07) is -0.160. The van der Waals surface area contributed by atoms with Crippen molar-refractivity contribution in [3.63, 3.8) is 0 Å². The Morgan fingerprint density at radius 1 is 1.55 bits per heavy atom. The molecule has 1 amide bonds. The van der Waals surface area contributed by atoms with Gasteiger partial charge in [-0.25, -0.2) is 0 Å². The number of amides is 1. The summed E-state index contributed by atoms with van der Waals surface area (Å²) >= 11 is 0. The number of aliphatic carboxylic acids is 1. The van der Waals surface area contributed by atoms with Crippen LogP contribution in [0.5, 0.6) is 0 Å². The van der Waals surface area contributed by atoms with Gasteiger partial charge in [0, 0.05) is 12.6 Å². The molecule has 1 heterocycles. The number of nitrogens with zero attached hydrogens (tertiary/aromatic N) is 4. The fourth-order valence-corrected chi connectivity index (χ4v) is 1.65. The van der Waals surface area contributed by atoms with Crippen LogP contribution >= 0.6 is 0 Å². The molecule has 9 heteroatoms. The van der Waals surface area contributed by atoms with Crippen molar-refractivity contribution < 1.29 is 19.6 Å². The van der Waals surface area contributed by atoms with Crippen molar-refractivity contribution in [1.82, 2.24) is 14.7 Å². The molecule has 0 aromatic carbocycles. The van der Waals surface area contributed by atoms with Crippen molar-refractivity contribution in [3.05, 3.63) is 22.5 Å². The number of hydrogen-bond donors (Lipinski definition) is 1. The molecule has 9 nitrogen and oxygen atoms in total. The number of aromatic nitrogens is 2. The number of carbonyl (C=O) groups excluding carboxylic acids is 1. The van der Waals surface area contributed by atoms with E-state index in [0.717, 1.165) is 17.1 Å². The van der Waals surface area contributed by atoms with Crippen LogP contribution in [-0.2, 0) is 16.1 Å². The first-order valence-electron chi connectivity index (χ1n) is 5.99. The number of rotatable bonds is 7. The molecule has 0 atom stereocenters. The summed E-state index contributed by atoms with van der Waals surface area (Å²) in [5, 5.41) is 22.9. The Morgan fingerprint density at radius 2 is 2.20 bits per heavy atom. The van der Waals surface area contributed by atoms with Gasteiger partial charge >= 0.3 is 11.7 Å². The fraction of sp³-hybridized carbons (Fsp3) is 0.545. The van der Waals surface area contributed by atoms with Gasteiger partial charge in [0.05, 0.1) is 11.3 Å². The molecule has 1 rings (SSSR count). The van der Waals surface area contributed by atoms with E-state index in [0.29, 0.717) is 0 Å². The van der Waals surface area contributed by atoms with Crippen LogP contribution in [0.2, 0.25) is 0 Å². The molecule has 0 aliphatic rings. The smallest absolute Gasteiger partial charge is 0.307 e. The van der Waals surface area contributed by atoms with E-state index < -0.39 is 10.9 Å². The van der Waals surface area contributed by atoms with E-state index >= 15 is 0 Å². The minimum Gasteiger partial charge on any atom is -0.481 e. The van der Waals surface area contributed by atoms with E-state index in [-0.39, 0.29) is 37.1 Å². The van der Waals surface area contributed by atoms with Gasteiger partial charge < -0.3 is 10.0 Å². The van der Waals surface area contributed by atoms with Crippen LogP contribution in [0.25, 0.3) is 0 Å². The van der Waals surface area contributed by atoms with Crippen LogP contribution in [0.15, 0.2) is 12.4 Å². The topological polar surface area (TPSA) is 119 Å². The third-order valence-corrected chi connectivity index (χ3v) is 2.64. The summed E-state index contributed by atoms with van der Waals surface area (Å²) in [6.07, 6.45) is 2.07. The van der Waals surface area contributed by atoms with Gasteiger partial charge in [0.15, 0.2) is 0 Å². The first-order valence-corrected chi connectivity index (χ1v) is 5.99. The number of hydrogen-bond acceptors (Lipinski definition) is 5. The molecule has 0 radical (unpaired) electrons. The summed E-state index contributed by atoms with van der Waals surface area (Å²) in [6.45, 7) is 3.47. The summed E-state index contributed by atoms with van der Waals surface area (Å²) in [7, 11) is 0. The molecule has 0 saturated carbocycles. The van der Waals surface area contributed by atoms with Crippen molar-refractivity contribution in [2.75, 3.05) is 6.54 Å². The molecule has 1 N–H and O–H groups in total. The Hall–Kier alpha value is -2.45. The van der Waals surface area contributed by atoms with Crippen LogP contribution in [0.3, 0.4) is 0 Å². The zero-order chi connectivity index (χ0) is 15.3. The second-order valence-electron chi connectivity index (χ2n) is 4.48.